The molecule has 0 radical (unpaired) electrons. The number of hydrogen-bond acceptors (Lipinski definition) is 2. The maximum atomic E-state index is 10.8. The van der Waals surface area contributed by atoms with Gasteiger partial charge in [-0.2, -0.15) is 0 Å². The highest BCUT2D eigenvalue weighted by molar-refractivity contribution is 5.81. The summed E-state index contributed by atoms with van der Waals surface area (Å²) in [7, 11) is 0. The summed E-state index contributed by atoms with van der Waals surface area (Å²) in [5.41, 5.74) is 0. The summed E-state index contributed by atoms with van der Waals surface area (Å²) in [4.78, 5) is 10.8. The topological polar surface area (TPSA) is 26.3 Å². The van der Waals surface area contributed by atoms with E-state index in [2.05, 4.69) is 6.92 Å². The molecule has 0 fully saturated rings. The van der Waals surface area contributed by atoms with Crippen molar-refractivity contribution in [1.29, 1.82) is 0 Å². The average molecular weight is 156 g/mol. The van der Waals surface area contributed by atoms with Gasteiger partial charge in [0.15, 0.2) is 0 Å². The molecule has 0 aliphatic heterocycles. The summed E-state index contributed by atoms with van der Waals surface area (Å²) in [5.74, 6) is -0.222. The van der Waals surface area contributed by atoms with Crippen LogP contribution in [0.4, 0.5) is 0 Å². The first kappa shape index (κ1) is 10.2. The molecule has 0 unspecified atom stereocenters. The first-order valence-electron chi connectivity index (χ1n) is 4.14. The normalized spacial score (nSPS) is 10.4. The number of ether oxygens (including phenoxy) is 1. The molecule has 0 rings (SSSR count). The zero-order valence-corrected chi connectivity index (χ0v) is 7.30. The molecule has 0 aromatic heterocycles. The van der Waals surface area contributed by atoms with Crippen molar-refractivity contribution in [2.75, 3.05) is 6.61 Å². The fraction of sp³-hybridized carbons (Fsp3) is 0.667. The Bertz CT molecular complexity index is 128. The maximum Gasteiger partial charge on any atom is 0.330 e. The van der Waals surface area contributed by atoms with E-state index in [9.17, 15) is 4.79 Å². The Morgan fingerprint density at radius 1 is 1.36 bits per heavy atom. The fourth-order valence-corrected chi connectivity index (χ4v) is 0.597. The van der Waals surface area contributed by atoms with Gasteiger partial charge in [-0.3, -0.25) is 0 Å². The molecule has 0 atom stereocenters. The zero-order chi connectivity index (χ0) is 8.53. The van der Waals surface area contributed by atoms with E-state index in [-0.39, 0.29) is 5.97 Å². The van der Waals surface area contributed by atoms with Crippen molar-refractivity contribution < 1.29 is 9.53 Å². The fourth-order valence-electron chi connectivity index (χ4n) is 0.597. The van der Waals surface area contributed by atoms with Crippen molar-refractivity contribution in [3.63, 3.8) is 0 Å². The smallest absolute Gasteiger partial charge is 0.330 e. The van der Waals surface area contributed by atoms with Crippen molar-refractivity contribution in [2.24, 2.45) is 0 Å². The molecule has 0 saturated heterocycles. The second-order valence-electron chi connectivity index (χ2n) is 2.36. The Morgan fingerprint density at radius 2 is 2.09 bits per heavy atom. The standard InChI is InChI=1S/C9H16O2/c1-3-5-6-7-9(10)11-8-4-2/h6-7H,3-5,8H2,1-2H3. The summed E-state index contributed by atoms with van der Waals surface area (Å²) in [6, 6.07) is 0. The Hall–Kier alpha value is -0.790. The third kappa shape index (κ3) is 7.10. The van der Waals surface area contributed by atoms with Crippen LogP contribution in [0.25, 0.3) is 0 Å². The molecule has 0 N–H and O–H groups in total. The average Bonchev–Trinajstić information content (AvgIpc) is 2.01. The Kier molecular flexibility index (Phi) is 6.79. The minimum Gasteiger partial charge on any atom is -0.463 e. The molecule has 0 saturated carbocycles. The van der Waals surface area contributed by atoms with E-state index in [1.54, 1.807) is 0 Å². The largest absolute Gasteiger partial charge is 0.463 e. The highest BCUT2D eigenvalue weighted by Gasteiger charge is 1.92. The monoisotopic (exact) mass is 156 g/mol. The molecule has 0 amide bonds. The van der Waals surface area contributed by atoms with Crippen LogP contribution in [0.15, 0.2) is 12.2 Å². The molecule has 0 aromatic rings. The lowest BCUT2D eigenvalue weighted by Crippen LogP contribution is -2.00. The first-order chi connectivity index (χ1) is 5.31. The lowest BCUT2D eigenvalue weighted by atomic mass is 10.3. The van der Waals surface area contributed by atoms with E-state index in [0.717, 1.165) is 19.3 Å². The highest BCUT2D eigenvalue weighted by Crippen LogP contribution is 1.90. The molecular weight excluding hydrogens is 140 g/mol. The van der Waals surface area contributed by atoms with Crippen LogP contribution in [0.2, 0.25) is 0 Å². The molecule has 0 heterocycles. The Balaban J connectivity index is 3.35. The van der Waals surface area contributed by atoms with Crippen LogP contribution in [0.1, 0.15) is 33.1 Å². The summed E-state index contributed by atoms with van der Waals surface area (Å²) in [6.07, 6.45) is 6.24. The first-order valence-corrected chi connectivity index (χ1v) is 4.14. The second-order valence-corrected chi connectivity index (χ2v) is 2.36. The number of carbonyl (C=O) groups excluding carboxylic acids is 1. The van der Waals surface area contributed by atoms with Gasteiger partial charge in [-0.15, -0.1) is 0 Å². The number of esters is 1. The van der Waals surface area contributed by atoms with Crippen molar-refractivity contribution in [3.8, 4) is 0 Å². The Morgan fingerprint density at radius 3 is 2.64 bits per heavy atom. The molecule has 0 aliphatic carbocycles. The number of unbranched alkanes of at least 4 members (excludes halogenated alkanes) is 1. The summed E-state index contributed by atoms with van der Waals surface area (Å²) >= 11 is 0. The molecular formula is C9H16O2. The number of hydrogen-bond donors (Lipinski definition) is 0. The van der Waals surface area contributed by atoms with Gasteiger partial charge in [-0.1, -0.05) is 26.3 Å². The van der Waals surface area contributed by atoms with Crippen molar-refractivity contribution in [3.05, 3.63) is 12.2 Å². The molecule has 0 aliphatic rings. The van der Waals surface area contributed by atoms with Gasteiger partial charge in [-0.25, -0.2) is 4.79 Å². The zero-order valence-electron chi connectivity index (χ0n) is 7.30. The summed E-state index contributed by atoms with van der Waals surface area (Å²) < 4.78 is 4.81. The van der Waals surface area contributed by atoms with Gasteiger partial charge in [-0.05, 0) is 12.8 Å². The van der Waals surface area contributed by atoms with E-state index in [1.165, 1.54) is 6.08 Å². The van der Waals surface area contributed by atoms with Gasteiger partial charge in [0.25, 0.3) is 0 Å². The molecule has 0 spiro atoms. The van der Waals surface area contributed by atoms with Gasteiger partial charge in [0, 0.05) is 6.08 Å². The molecule has 0 aromatic carbocycles. The molecule has 0 bridgehead atoms. The summed E-state index contributed by atoms with van der Waals surface area (Å²) in [6.45, 7) is 4.57. The van der Waals surface area contributed by atoms with Gasteiger partial charge in [0.05, 0.1) is 6.61 Å². The molecule has 64 valence electrons. The highest BCUT2D eigenvalue weighted by atomic mass is 16.5. The van der Waals surface area contributed by atoms with Gasteiger partial charge >= 0.3 is 5.97 Å². The second kappa shape index (κ2) is 7.32. The van der Waals surface area contributed by atoms with Crippen molar-refractivity contribution >= 4 is 5.97 Å². The molecule has 2 heteroatoms. The van der Waals surface area contributed by atoms with Crippen LogP contribution in [0, 0.1) is 0 Å². The van der Waals surface area contributed by atoms with E-state index >= 15 is 0 Å². The third-order valence-corrected chi connectivity index (χ3v) is 1.16. The van der Waals surface area contributed by atoms with Crippen LogP contribution in [-0.4, -0.2) is 12.6 Å². The van der Waals surface area contributed by atoms with Gasteiger partial charge in [0.2, 0.25) is 0 Å². The molecule has 11 heavy (non-hydrogen) atoms. The minimum atomic E-state index is -0.222. The lowest BCUT2D eigenvalue weighted by Gasteiger charge is -1.96. The van der Waals surface area contributed by atoms with Crippen LogP contribution in [0.3, 0.4) is 0 Å². The van der Waals surface area contributed by atoms with E-state index in [4.69, 9.17) is 4.74 Å². The number of allylic oxidation sites excluding steroid dienone is 1. The quantitative estimate of drug-likeness (QED) is 0.451. The minimum absolute atomic E-state index is 0.222. The Labute approximate surface area is 68.2 Å². The van der Waals surface area contributed by atoms with Crippen LogP contribution in [-0.2, 0) is 9.53 Å². The van der Waals surface area contributed by atoms with E-state index in [1.807, 2.05) is 13.0 Å². The third-order valence-electron chi connectivity index (χ3n) is 1.16. The maximum absolute atomic E-state index is 10.8. The van der Waals surface area contributed by atoms with E-state index < -0.39 is 0 Å². The number of rotatable bonds is 5. The van der Waals surface area contributed by atoms with Crippen LogP contribution >= 0.6 is 0 Å². The SMILES string of the molecule is CCCC=CC(=O)OCCC. The van der Waals surface area contributed by atoms with Crippen LogP contribution < -0.4 is 0 Å². The van der Waals surface area contributed by atoms with Crippen LogP contribution in [0.5, 0.6) is 0 Å². The van der Waals surface area contributed by atoms with Crippen molar-refractivity contribution in [1.82, 2.24) is 0 Å². The predicted octanol–water partition coefficient (Wildman–Crippen LogP) is 2.30. The number of carbonyl (C=O) groups is 1. The van der Waals surface area contributed by atoms with Gasteiger partial charge < -0.3 is 4.74 Å². The predicted molar refractivity (Wildman–Crippen MR) is 45.3 cm³/mol. The summed E-state index contributed by atoms with van der Waals surface area (Å²) in [5, 5.41) is 0. The van der Waals surface area contributed by atoms with Gasteiger partial charge in [0.1, 0.15) is 0 Å². The van der Waals surface area contributed by atoms with Crippen molar-refractivity contribution in [2.45, 2.75) is 33.1 Å². The molecule has 2 nitrogen and oxygen atoms in total. The van der Waals surface area contributed by atoms with E-state index in [0.29, 0.717) is 6.61 Å². The lowest BCUT2D eigenvalue weighted by molar-refractivity contribution is -0.137.